The molecule has 62 valence electrons. The number of hydrogen-bond acceptors (Lipinski definition) is 1. The number of carbonyl (C=O) groups is 1. The fourth-order valence-corrected chi connectivity index (χ4v) is 1.50. The van der Waals surface area contributed by atoms with E-state index < -0.39 is 0 Å². The first-order valence-electron chi connectivity index (χ1n) is 4.16. The van der Waals surface area contributed by atoms with Gasteiger partial charge in [0.05, 0.1) is 0 Å². The Morgan fingerprint density at radius 3 is 2.82 bits per heavy atom. The van der Waals surface area contributed by atoms with Crippen molar-refractivity contribution in [3.8, 4) is 0 Å². The maximum atomic E-state index is 10.8. The van der Waals surface area contributed by atoms with Gasteiger partial charge in [0.25, 0.3) is 0 Å². The molecule has 0 radical (unpaired) electrons. The SMILES string of the molecule is CC(C(N)=O)[C@@H]1CC=CCC1. The van der Waals surface area contributed by atoms with Crippen LogP contribution in [0, 0.1) is 11.8 Å². The van der Waals surface area contributed by atoms with Crippen molar-refractivity contribution in [2.75, 3.05) is 0 Å². The fourth-order valence-electron chi connectivity index (χ4n) is 1.50. The molecule has 2 heteroatoms. The van der Waals surface area contributed by atoms with Gasteiger partial charge in [0.1, 0.15) is 0 Å². The van der Waals surface area contributed by atoms with Crippen molar-refractivity contribution in [2.24, 2.45) is 17.6 Å². The lowest BCUT2D eigenvalue weighted by atomic mass is 9.84. The number of hydrogen-bond donors (Lipinski definition) is 1. The molecular weight excluding hydrogens is 138 g/mol. The predicted octanol–water partition coefficient (Wildman–Crippen LogP) is 1.46. The summed E-state index contributed by atoms with van der Waals surface area (Å²) in [4.78, 5) is 10.8. The summed E-state index contributed by atoms with van der Waals surface area (Å²) in [6.45, 7) is 1.92. The van der Waals surface area contributed by atoms with Crippen molar-refractivity contribution < 1.29 is 4.79 Å². The molecule has 11 heavy (non-hydrogen) atoms. The van der Waals surface area contributed by atoms with Crippen molar-refractivity contribution in [3.63, 3.8) is 0 Å². The lowest BCUT2D eigenvalue weighted by molar-refractivity contribution is -0.122. The quantitative estimate of drug-likeness (QED) is 0.600. The highest BCUT2D eigenvalue weighted by Gasteiger charge is 2.21. The first-order valence-corrected chi connectivity index (χ1v) is 4.16. The van der Waals surface area contributed by atoms with E-state index in [0.717, 1.165) is 19.3 Å². The maximum absolute atomic E-state index is 10.8. The topological polar surface area (TPSA) is 43.1 Å². The summed E-state index contributed by atoms with van der Waals surface area (Å²) in [6.07, 6.45) is 7.55. The Morgan fingerprint density at radius 1 is 1.64 bits per heavy atom. The molecular formula is C9H15NO. The molecule has 0 fully saturated rings. The van der Waals surface area contributed by atoms with Gasteiger partial charge >= 0.3 is 0 Å². The molecule has 1 aliphatic carbocycles. The number of allylic oxidation sites excluding steroid dienone is 2. The molecule has 0 aromatic carbocycles. The molecule has 1 unspecified atom stereocenters. The van der Waals surface area contributed by atoms with Gasteiger partial charge in [-0.25, -0.2) is 0 Å². The van der Waals surface area contributed by atoms with Crippen LogP contribution in [0.5, 0.6) is 0 Å². The highest BCUT2D eigenvalue weighted by Crippen LogP contribution is 2.25. The van der Waals surface area contributed by atoms with E-state index in [-0.39, 0.29) is 11.8 Å². The Kier molecular flexibility index (Phi) is 2.69. The van der Waals surface area contributed by atoms with Gasteiger partial charge in [0.15, 0.2) is 0 Å². The van der Waals surface area contributed by atoms with E-state index in [1.54, 1.807) is 0 Å². The van der Waals surface area contributed by atoms with Crippen molar-refractivity contribution in [2.45, 2.75) is 26.2 Å². The van der Waals surface area contributed by atoms with E-state index in [0.29, 0.717) is 5.92 Å². The Bertz CT molecular complexity index is 174. The van der Waals surface area contributed by atoms with Crippen LogP contribution in [0.15, 0.2) is 12.2 Å². The summed E-state index contributed by atoms with van der Waals surface area (Å²) in [5.74, 6) is 0.364. The van der Waals surface area contributed by atoms with Gasteiger partial charge in [-0.3, -0.25) is 4.79 Å². The third kappa shape index (κ3) is 2.07. The molecule has 0 aliphatic heterocycles. The number of rotatable bonds is 2. The molecule has 0 bridgehead atoms. The Labute approximate surface area is 67.5 Å². The lowest BCUT2D eigenvalue weighted by Gasteiger charge is -2.21. The standard InChI is InChI=1S/C9H15NO/c1-7(9(10)11)8-5-3-2-4-6-8/h2-3,7-8H,4-6H2,1H3,(H2,10,11)/t7?,8-/m1/s1. The molecule has 2 N–H and O–H groups in total. The van der Waals surface area contributed by atoms with Gasteiger partial charge in [-0.05, 0) is 25.2 Å². The molecule has 1 aliphatic rings. The zero-order valence-corrected chi connectivity index (χ0v) is 6.92. The largest absolute Gasteiger partial charge is 0.369 e. The average Bonchev–Trinajstić information content (AvgIpc) is 2.05. The summed E-state index contributed by atoms with van der Waals surface area (Å²) in [7, 11) is 0. The first-order chi connectivity index (χ1) is 5.22. The van der Waals surface area contributed by atoms with Crippen LogP contribution in [0.1, 0.15) is 26.2 Å². The second-order valence-electron chi connectivity index (χ2n) is 3.24. The van der Waals surface area contributed by atoms with Gasteiger partial charge in [-0.15, -0.1) is 0 Å². The molecule has 0 saturated heterocycles. The highest BCUT2D eigenvalue weighted by molar-refractivity contribution is 5.76. The van der Waals surface area contributed by atoms with Crippen molar-refractivity contribution in [1.29, 1.82) is 0 Å². The second kappa shape index (κ2) is 3.56. The Morgan fingerprint density at radius 2 is 2.36 bits per heavy atom. The molecule has 1 rings (SSSR count). The zero-order chi connectivity index (χ0) is 8.27. The van der Waals surface area contributed by atoms with E-state index in [1.807, 2.05) is 6.92 Å². The van der Waals surface area contributed by atoms with E-state index in [4.69, 9.17) is 5.73 Å². The first kappa shape index (κ1) is 8.31. The van der Waals surface area contributed by atoms with Crippen molar-refractivity contribution >= 4 is 5.91 Å². The molecule has 0 aromatic heterocycles. The number of primary amides is 1. The molecule has 0 saturated carbocycles. The number of carbonyl (C=O) groups excluding carboxylic acids is 1. The summed E-state index contributed by atoms with van der Waals surface area (Å²) in [5, 5.41) is 0. The second-order valence-corrected chi connectivity index (χ2v) is 3.24. The minimum atomic E-state index is -0.162. The Balaban J connectivity index is 2.46. The monoisotopic (exact) mass is 153 g/mol. The molecule has 2 atom stereocenters. The molecule has 2 nitrogen and oxygen atoms in total. The summed E-state index contributed by atoms with van der Waals surface area (Å²) in [6, 6.07) is 0. The maximum Gasteiger partial charge on any atom is 0.220 e. The minimum Gasteiger partial charge on any atom is -0.369 e. The molecule has 0 heterocycles. The van der Waals surface area contributed by atoms with Crippen LogP contribution in [0.2, 0.25) is 0 Å². The molecule has 1 amide bonds. The van der Waals surface area contributed by atoms with E-state index in [1.165, 1.54) is 0 Å². The van der Waals surface area contributed by atoms with Crippen LogP contribution in [0.3, 0.4) is 0 Å². The van der Waals surface area contributed by atoms with Gasteiger partial charge in [-0.2, -0.15) is 0 Å². The fraction of sp³-hybridized carbons (Fsp3) is 0.667. The van der Waals surface area contributed by atoms with Gasteiger partial charge < -0.3 is 5.73 Å². The zero-order valence-electron chi connectivity index (χ0n) is 6.92. The smallest absolute Gasteiger partial charge is 0.220 e. The van der Waals surface area contributed by atoms with Crippen LogP contribution in [-0.2, 0) is 4.79 Å². The summed E-state index contributed by atoms with van der Waals surface area (Å²) in [5.41, 5.74) is 5.20. The lowest BCUT2D eigenvalue weighted by Crippen LogP contribution is -2.27. The van der Waals surface area contributed by atoms with Crippen LogP contribution >= 0.6 is 0 Å². The van der Waals surface area contributed by atoms with Crippen LogP contribution in [0.4, 0.5) is 0 Å². The third-order valence-electron chi connectivity index (χ3n) is 2.47. The molecule has 0 aromatic rings. The number of amides is 1. The van der Waals surface area contributed by atoms with Gasteiger partial charge in [-0.1, -0.05) is 19.1 Å². The van der Waals surface area contributed by atoms with E-state index >= 15 is 0 Å². The average molecular weight is 153 g/mol. The summed E-state index contributed by atoms with van der Waals surface area (Å²) < 4.78 is 0. The minimum absolute atomic E-state index is 0.0416. The van der Waals surface area contributed by atoms with Crippen molar-refractivity contribution in [1.82, 2.24) is 0 Å². The third-order valence-corrected chi connectivity index (χ3v) is 2.47. The highest BCUT2D eigenvalue weighted by atomic mass is 16.1. The predicted molar refractivity (Wildman–Crippen MR) is 44.8 cm³/mol. The normalized spacial score (nSPS) is 26.5. The molecule has 0 spiro atoms. The van der Waals surface area contributed by atoms with E-state index in [2.05, 4.69) is 12.2 Å². The van der Waals surface area contributed by atoms with Crippen LogP contribution in [0.25, 0.3) is 0 Å². The van der Waals surface area contributed by atoms with E-state index in [9.17, 15) is 4.79 Å². The van der Waals surface area contributed by atoms with Gasteiger partial charge in [0, 0.05) is 5.92 Å². The number of nitrogens with two attached hydrogens (primary N) is 1. The van der Waals surface area contributed by atoms with Crippen LogP contribution in [-0.4, -0.2) is 5.91 Å². The van der Waals surface area contributed by atoms with Gasteiger partial charge in [0.2, 0.25) is 5.91 Å². The van der Waals surface area contributed by atoms with Crippen LogP contribution < -0.4 is 5.73 Å². The summed E-state index contributed by atoms with van der Waals surface area (Å²) >= 11 is 0. The van der Waals surface area contributed by atoms with Crippen molar-refractivity contribution in [3.05, 3.63) is 12.2 Å². The Hall–Kier alpha value is -0.790.